The third-order valence-corrected chi connectivity index (χ3v) is 1.83. The van der Waals surface area contributed by atoms with Crippen LogP contribution in [0.4, 0.5) is 0 Å². The zero-order valence-electron chi connectivity index (χ0n) is 8.28. The highest BCUT2D eigenvalue weighted by molar-refractivity contribution is 5.09. The topological polar surface area (TPSA) is 0 Å². The maximum Gasteiger partial charge on any atom is -0.0136 e. The predicted octanol–water partition coefficient (Wildman–Crippen LogP) is 4.58. The van der Waals surface area contributed by atoms with Crippen molar-refractivity contribution in [2.75, 3.05) is 0 Å². The summed E-state index contributed by atoms with van der Waals surface area (Å²) in [5, 5.41) is 0. The molecule has 0 saturated carbocycles. The van der Waals surface area contributed by atoms with Crippen molar-refractivity contribution in [3.63, 3.8) is 0 Å². The van der Waals surface area contributed by atoms with Crippen LogP contribution in [0.15, 0.2) is 24.3 Å². The Balaban J connectivity index is 0. The van der Waals surface area contributed by atoms with Crippen LogP contribution in [0.1, 0.15) is 48.0 Å². The third-order valence-electron chi connectivity index (χ3n) is 1.83. The summed E-state index contributed by atoms with van der Waals surface area (Å²) in [6.45, 7) is 12.8. The van der Waals surface area contributed by atoms with Gasteiger partial charge in [0.25, 0.3) is 0 Å². The van der Waals surface area contributed by atoms with E-state index in [9.17, 15) is 0 Å². The molecule has 0 atom stereocenters. The summed E-state index contributed by atoms with van der Waals surface area (Å²) in [5.41, 5.74) is 1.57. The Morgan fingerprint density at radius 2 is 1.75 bits per heavy atom. The van der Waals surface area contributed by atoms with Crippen LogP contribution in [0.2, 0.25) is 0 Å². The zero-order chi connectivity index (χ0) is 8.91. The Morgan fingerprint density at radius 1 is 1.25 bits per heavy atom. The van der Waals surface area contributed by atoms with Crippen LogP contribution >= 0.6 is 0 Å². The van der Waals surface area contributed by atoms with Gasteiger partial charge in [0.1, 0.15) is 0 Å². The minimum atomic E-state index is 0. The van der Waals surface area contributed by atoms with Crippen molar-refractivity contribution in [3.8, 4) is 0 Å². The molecule has 0 spiro atoms. The Kier molecular flexibility index (Phi) is 7.07. The molecule has 0 bridgehead atoms. The molecule has 0 aromatic heterocycles. The van der Waals surface area contributed by atoms with E-state index in [2.05, 4.69) is 46.4 Å². The van der Waals surface area contributed by atoms with E-state index in [1.165, 1.54) is 5.57 Å². The highest BCUT2D eigenvalue weighted by Gasteiger charge is 2.12. The summed E-state index contributed by atoms with van der Waals surface area (Å²) in [5.74, 6) is 0. The molecule has 0 unspecified atom stereocenters. The van der Waals surface area contributed by atoms with Crippen molar-refractivity contribution in [2.24, 2.45) is 5.41 Å². The lowest BCUT2D eigenvalue weighted by molar-refractivity contribution is 0.496. The van der Waals surface area contributed by atoms with Crippen LogP contribution in [-0.4, -0.2) is 0 Å². The summed E-state index contributed by atoms with van der Waals surface area (Å²) in [6, 6.07) is 0. The molecule has 0 radical (unpaired) electrons. The van der Waals surface area contributed by atoms with Crippen LogP contribution in [0, 0.1) is 5.41 Å². The minimum Gasteiger partial charge on any atom is -0.0990 e. The molecule has 0 saturated heterocycles. The third kappa shape index (κ3) is 6.21. The second kappa shape index (κ2) is 6.05. The molecule has 0 N–H and O–H groups in total. The van der Waals surface area contributed by atoms with Gasteiger partial charge in [-0.15, -0.1) is 0 Å². The molecule has 0 aliphatic rings. The van der Waals surface area contributed by atoms with E-state index in [1.807, 2.05) is 0 Å². The lowest BCUT2D eigenvalue weighted by atomic mass is 9.86. The number of allylic oxidation sites excluding steroid dienone is 3. The lowest BCUT2D eigenvalue weighted by Gasteiger charge is -2.20. The molecule has 0 heteroatoms. The maximum absolute atomic E-state index is 4.05. The average molecular weight is 168 g/mol. The normalized spacial score (nSPS) is 11.3. The minimum absolute atomic E-state index is 0. The molecular weight excluding hydrogens is 144 g/mol. The first-order chi connectivity index (χ1) is 4.98. The van der Waals surface area contributed by atoms with Gasteiger partial charge >= 0.3 is 0 Å². The first kappa shape index (κ1) is 14.0. The number of hydrogen-bond donors (Lipinski definition) is 0. The van der Waals surface area contributed by atoms with Gasteiger partial charge in [-0.2, -0.15) is 0 Å². The van der Waals surface area contributed by atoms with Gasteiger partial charge in [-0.3, -0.25) is 0 Å². The van der Waals surface area contributed by atoms with E-state index in [4.69, 9.17) is 0 Å². The fourth-order valence-electron chi connectivity index (χ4n) is 0.698. The largest absolute Gasteiger partial charge is 0.0990 e. The molecule has 0 aliphatic heterocycles. The van der Waals surface area contributed by atoms with E-state index in [1.54, 1.807) is 0 Å². The van der Waals surface area contributed by atoms with Crippen molar-refractivity contribution in [1.29, 1.82) is 0 Å². The van der Waals surface area contributed by atoms with Crippen LogP contribution in [-0.2, 0) is 0 Å². The lowest BCUT2D eigenvalue weighted by Crippen LogP contribution is -2.07. The van der Waals surface area contributed by atoms with Crippen molar-refractivity contribution in [3.05, 3.63) is 24.3 Å². The zero-order valence-corrected chi connectivity index (χ0v) is 8.28. The van der Waals surface area contributed by atoms with Gasteiger partial charge in [-0.05, 0) is 18.3 Å². The molecule has 0 fully saturated rings. The van der Waals surface area contributed by atoms with E-state index >= 15 is 0 Å². The fraction of sp³-hybridized carbons (Fsp3) is 0.667. The second-order valence-electron chi connectivity index (χ2n) is 3.94. The van der Waals surface area contributed by atoms with Crippen molar-refractivity contribution < 1.29 is 0 Å². The highest BCUT2D eigenvalue weighted by atomic mass is 14.2. The Hall–Kier alpha value is -0.520. The molecule has 0 amide bonds. The van der Waals surface area contributed by atoms with E-state index in [0.29, 0.717) is 0 Å². The first-order valence-electron chi connectivity index (χ1n) is 4.31. The second-order valence-corrected chi connectivity index (χ2v) is 3.94. The highest BCUT2D eigenvalue weighted by Crippen LogP contribution is 2.26. The molecular formula is C12H24. The van der Waals surface area contributed by atoms with Crippen molar-refractivity contribution in [2.45, 2.75) is 48.0 Å². The Labute approximate surface area is 78.4 Å². The number of hydrogen-bond acceptors (Lipinski definition) is 0. The maximum atomic E-state index is 4.05. The van der Waals surface area contributed by atoms with Gasteiger partial charge in [0.15, 0.2) is 0 Å². The monoisotopic (exact) mass is 168 g/mol. The van der Waals surface area contributed by atoms with Gasteiger partial charge in [0.2, 0.25) is 0 Å². The summed E-state index contributed by atoms with van der Waals surface area (Å²) in [7, 11) is 0. The molecule has 0 aromatic carbocycles. The van der Waals surface area contributed by atoms with Crippen molar-refractivity contribution >= 4 is 0 Å². The van der Waals surface area contributed by atoms with Crippen LogP contribution in [0.25, 0.3) is 0 Å². The summed E-state index contributed by atoms with van der Waals surface area (Å²) in [6.07, 6.45) is 6.54. The smallest absolute Gasteiger partial charge is 0.0136 e. The SMILES string of the molecule is C.C=C(C/C=C\CC)C(C)(C)C. The van der Waals surface area contributed by atoms with Gasteiger partial charge in [0, 0.05) is 0 Å². The van der Waals surface area contributed by atoms with Gasteiger partial charge in [0.05, 0.1) is 0 Å². The van der Waals surface area contributed by atoms with E-state index < -0.39 is 0 Å². The van der Waals surface area contributed by atoms with Crippen LogP contribution < -0.4 is 0 Å². The molecule has 0 nitrogen and oxygen atoms in total. The standard InChI is InChI=1S/C11H20.CH4/c1-6-7-8-9-10(2)11(3,4)5;/h7-8H,2,6,9H2,1,3-5H3;1H4/b8-7-;. The van der Waals surface area contributed by atoms with E-state index in [-0.39, 0.29) is 12.8 Å². The molecule has 0 heterocycles. The molecule has 0 rings (SSSR count). The van der Waals surface area contributed by atoms with Crippen LogP contribution in [0.3, 0.4) is 0 Å². The summed E-state index contributed by atoms with van der Waals surface area (Å²) < 4.78 is 0. The number of rotatable bonds is 3. The molecule has 12 heavy (non-hydrogen) atoms. The first-order valence-corrected chi connectivity index (χ1v) is 4.31. The summed E-state index contributed by atoms with van der Waals surface area (Å²) in [4.78, 5) is 0. The fourth-order valence-corrected chi connectivity index (χ4v) is 0.698. The van der Waals surface area contributed by atoms with Gasteiger partial charge in [-0.1, -0.05) is 59.4 Å². The Morgan fingerprint density at radius 3 is 2.08 bits per heavy atom. The van der Waals surface area contributed by atoms with Gasteiger partial charge in [-0.25, -0.2) is 0 Å². The van der Waals surface area contributed by atoms with Crippen LogP contribution in [0.5, 0.6) is 0 Å². The van der Waals surface area contributed by atoms with E-state index in [0.717, 1.165) is 12.8 Å². The molecule has 0 aliphatic carbocycles. The quantitative estimate of drug-likeness (QED) is 0.541. The van der Waals surface area contributed by atoms with Crippen molar-refractivity contribution in [1.82, 2.24) is 0 Å². The summed E-state index contributed by atoms with van der Waals surface area (Å²) >= 11 is 0. The van der Waals surface area contributed by atoms with Gasteiger partial charge < -0.3 is 0 Å². The Bertz CT molecular complexity index is 144. The predicted molar refractivity (Wildman–Crippen MR) is 59.4 cm³/mol. The molecule has 0 aromatic rings. The average Bonchev–Trinajstić information content (AvgIpc) is 1.86. The molecule has 72 valence electrons.